The Labute approximate surface area is 127 Å². The highest BCUT2D eigenvalue weighted by Crippen LogP contribution is 2.34. The van der Waals surface area contributed by atoms with Gasteiger partial charge in [-0.05, 0) is 47.1 Å². The van der Waals surface area contributed by atoms with Crippen LogP contribution in [0.3, 0.4) is 0 Å². The second-order valence-electron chi connectivity index (χ2n) is 4.80. The van der Waals surface area contributed by atoms with Crippen LogP contribution in [0.5, 0.6) is 5.75 Å². The van der Waals surface area contributed by atoms with Gasteiger partial charge < -0.3 is 10.1 Å². The zero-order valence-electron chi connectivity index (χ0n) is 11.9. The van der Waals surface area contributed by atoms with Crippen LogP contribution < -0.4 is 10.1 Å². The zero-order valence-corrected chi connectivity index (χ0v) is 12.7. The maximum Gasteiger partial charge on any atom is 0.165 e. The van der Waals surface area contributed by atoms with Gasteiger partial charge in [0.1, 0.15) is 0 Å². The van der Waals surface area contributed by atoms with Crippen molar-refractivity contribution in [2.24, 2.45) is 0 Å². The van der Waals surface area contributed by atoms with E-state index in [-0.39, 0.29) is 17.6 Å². The highest BCUT2D eigenvalue weighted by atomic mass is 32.1. The highest BCUT2D eigenvalue weighted by molar-refractivity contribution is 7.17. The number of benzene rings is 2. The Morgan fingerprint density at radius 3 is 2.71 bits per heavy atom. The molecule has 0 saturated heterocycles. The van der Waals surface area contributed by atoms with Crippen molar-refractivity contribution < 1.29 is 9.13 Å². The number of thiophene rings is 1. The van der Waals surface area contributed by atoms with Gasteiger partial charge in [0, 0.05) is 4.70 Å². The number of hydrogen-bond acceptors (Lipinski definition) is 3. The summed E-state index contributed by atoms with van der Waals surface area (Å²) >= 11 is 1.71. The average Bonchev–Trinajstić information content (AvgIpc) is 2.93. The Morgan fingerprint density at radius 1 is 1.19 bits per heavy atom. The van der Waals surface area contributed by atoms with Crippen molar-refractivity contribution in [1.82, 2.24) is 5.32 Å². The third-order valence-corrected chi connectivity index (χ3v) is 4.60. The summed E-state index contributed by atoms with van der Waals surface area (Å²) in [7, 11) is 3.36. The van der Waals surface area contributed by atoms with E-state index < -0.39 is 0 Å². The quantitative estimate of drug-likeness (QED) is 0.773. The molecule has 0 bridgehead atoms. The summed E-state index contributed by atoms with van der Waals surface area (Å²) < 4.78 is 20.2. The van der Waals surface area contributed by atoms with Gasteiger partial charge in [-0.25, -0.2) is 4.39 Å². The second kappa shape index (κ2) is 5.84. The largest absolute Gasteiger partial charge is 0.494 e. The Morgan fingerprint density at radius 2 is 2.00 bits per heavy atom. The van der Waals surface area contributed by atoms with Crippen LogP contribution in [-0.4, -0.2) is 14.2 Å². The fraction of sp³-hybridized carbons (Fsp3) is 0.176. The van der Waals surface area contributed by atoms with Gasteiger partial charge in [0.2, 0.25) is 0 Å². The standard InChI is InChI=1S/C17H16FNOS/c1-19-17(11-7-8-15(20-2)14(18)9-11)13-10-21-16-6-4-3-5-12(13)16/h3-10,17,19H,1-2H3. The predicted octanol–water partition coefficient (Wildman–Crippen LogP) is 4.36. The molecule has 0 amide bonds. The summed E-state index contributed by atoms with van der Waals surface area (Å²) in [5.41, 5.74) is 2.06. The van der Waals surface area contributed by atoms with E-state index in [0.717, 1.165) is 5.56 Å². The van der Waals surface area contributed by atoms with Crippen molar-refractivity contribution in [3.8, 4) is 5.75 Å². The van der Waals surface area contributed by atoms with Gasteiger partial charge in [0.05, 0.1) is 13.2 Å². The predicted molar refractivity (Wildman–Crippen MR) is 85.7 cm³/mol. The van der Waals surface area contributed by atoms with Gasteiger partial charge in [-0.3, -0.25) is 0 Å². The van der Waals surface area contributed by atoms with Crippen LogP contribution in [0.1, 0.15) is 17.2 Å². The lowest BCUT2D eigenvalue weighted by Crippen LogP contribution is -2.17. The number of methoxy groups -OCH3 is 1. The highest BCUT2D eigenvalue weighted by Gasteiger charge is 2.17. The lowest BCUT2D eigenvalue weighted by Gasteiger charge is -2.17. The molecule has 0 aliphatic heterocycles. The molecule has 1 N–H and O–H groups in total. The van der Waals surface area contributed by atoms with E-state index in [1.807, 2.05) is 25.2 Å². The van der Waals surface area contributed by atoms with E-state index in [2.05, 4.69) is 22.8 Å². The van der Waals surface area contributed by atoms with Crippen LogP contribution in [0.2, 0.25) is 0 Å². The minimum Gasteiger partial charge on any atom is -0.494 e. The molecule has 3 aromatic rings. The van der Waals surface area contributed by atoms with Crippen molar-refractivity contribution >= 4 is 21.4 Å². The van der Waals surface area contributed by atoms with E-state index in [1.165, 1.54) is 28.8 Å². The molecule has 21 heavy (non-hydrogen) atoms. The normalized spacial score (nSPS) is 12.5. The SMILES string of the molecule is CNC(c1ccc(OC)c(F)c1)c1csc2ccccc12. The zero-order chi connectivity index (χ0) is 14.8. The molecule has 2 aromatic carbocycles. The molecule has 1 atom stereocenters. The summed E-state index contributed by atoms with van der Waals surface area (Å²) in [5.74, 6) is -0.0708. The van der Waals surface area contributed by atoms with Gasteiger partial charge in [0.25, 0.3) is 0 Å². The Balaban J connectivity index is 2.08. The minimum absolute atomic E-state index is 0.0402. The Bertz CT molecular complexity index is 768. The first-order valence-corrected chi connectivity index (χ1v) is 7.59. The summed E-state index contributed by atoms with van der Waals surface area (Å²) in [6.07, 6.45) is 0. The molecular weight excluding hydrogens is 285 g/mol. The number of rotatable bonds is 4. The van der Waals surface area contributed by atoms with Crippen LogP contribution in [0.4, 0.5) is 4.39 Å². The molecule has 3 rings (SSSR count). The van der Waals surface area contributed by atoms with E-state index in [4.69, 9.17) is 4.74 Å². The van der Waals surface area contributed by atoms with Gasteiger partial charge in [-0.2, -0.15) is 0 Å². The molecule has 0 aliphatic rings. The molecule has 1 heterocycles. The van der Waals surface area contributed by atoms with E-state index in [1.54, 1.807) is 17.4 Å². The molecule has 0 fully saturated rings. The maximum absolute atomic E-state index is 14.0. The van der Waals surface area contributed by atoms with Crippen LogP contribution >= 0.6 is 11.3 Å². The summed E-state index contributed by atoms with van der Waals surface area (Å²) in [6.45, 7) is 0. The molecule has 4 heteroatoms. The third-order valence-electron chi connectivity index (χ3n) is 3.62. The number of nitrogens with one attached hydrogen (secondary N) is 1. The molecule has 0 aliphatic carbocycles. The average molecular weight is 301 g/mol. The van der Waals surface area contributed by atoms with Crippen LogP contribution in [0.15, 0.2) is 47.8 Å². The summed E-state index contributed by atoms with van der Waals surface area (Å²) in [6, 6.07) is 13.3. The monoisotopic (exact) mass is 301 g/mol. The van der Waals surface area contributed by atoms with Gasteiger partial charge in [0.15, 0.2) is 11.6 Å². The first-order valence-electron chi connectivity index (χ1n) is 6.71. The van der Waals surface area contributed by atoms with Gasteiger partial charge in [-0.1, -0.05) is 24.3 Å². The molecule has 0 radical (unpaired) electrons. The molecular formula is C17H16FNOS. The number of halogens is 1. The Hall–Kier alpha value is -1.91. The van der Waals surface area contributed by atoms with Crippen molar-refractivity contribution in [3.63, 3.8) is 0 Å². The number of fused-ring (bicyclic) bond motifs is 1. The lowest BCUT2D eigenvalue weighted by atomic mass is 9.98. The minimum atomic E-state index is -0.338. The van der Waals surface area contributed by atoms with Crippen molar-refractivity contribution in [2.75, 3.05) is 14.2 Å². The third kappa shape index (κ3) is 2.52. The maximum atomic E-state index is 14.0. The van der Waals surface area contributed by atoms with E-state index >= 15 is 0 Å². The van der Waals surface area contributed by atoms with Crippen LogP contribution in [0.25, 0.3) is 10.1 Å². The molecule has 1 aromatic heterocycles. The first kappa shape index (κ1) is 14.0. The second-order valence-corrected chi connectivity index (χ2v) is 5.71. The Kier molecular flexibility index (Phi) is 3.90. The summed E-state index contributed by atoms with van der Waals surface area (Å²) in [5, 5.41) is 6.62. The smallest absolute Gasteiger partial charge is 0.165 e. The fourth-order valence-electron chi connectivity index (χ4n) is 2.59. The van der Waals surface area contributed by atoms with Crippen molar-refractivity contribution in [1.29, 1.82) is 0 Å². The number of ether oxygens (including phenoxy) is 1. The van der Waals surface area contributed by atoms with Crippen molar-refractivity contribution in [2.45, 2.75) is 6.04 Å². The van der Waals surface area contributed by atoms with Crippen molar-refractivity contribution in [3.05, 3.63) is 64.8 Å². The van der Waals surface area contributed by atoms with Crippen LogP contribution in [0, 0.1) is 5.82 Å². The molecule has 1 unspecified atom stereocenters. The fourth-order valence-corrected chi connectivity index (χ4v) is 3.57. The number of hydrogen-bond donors (Lipinski definition) is 1. The summed E-state index contributed by atoms with van der Waals surface area (Å²) in [4.78, 5) is 0. The lowest BCUT2D eigenvalue weighted by molar-refractivity contribution is 0.386. The van der Waals surface area contributed by atoms with E-state index in [0.29, 0.717) is 0 Å². The molecule has 2 nitrogen and oxygen atoms in total. The topological polar surface area (TPSA) is 21.3 Å². The first-order chi connectivity index (χ1) is 10.2. The molecule has 108 valence electrons. The van der Waals surface area contributed by atoms with Gasteiger partial charge >= 0.3 is 0 Å². The van der Waals surface area contributed by atoms with E-state index in [9.17, 15) is 4.39 Å². The van der Waals surface area contributed by atoms with Crippen LogP contribution in [-0.2, 0) is 0 Å². The molecule has 0 saturated carbocycles. The molecule has 0 spiro atoms. The van der Waals surface area contributed by atoms with Gasteiger partial charge in [-0.15, -0.1) is 11.3 Å².